The summed E-state index contributed by atoms with van der Waals surface area (Å²) in [4.78, 5) is 26.5. The Balaban J connectivity index is 1.50. The second-order valence-corrected chi connectivity index (χ2v) is 7.31. The summed E-state index contributed by atoms with van der Waals surface area (Å²) in [6, 6.07) is 5.91. The van der Waals surface area contributed by atoms with Crippen molar-refractivity contribution in [2.24, 2.45) is 23.7 Å². The third-order valence-corrected chi connectivity index (χ3v) is 5.67. The summed E-state index contributed by atoms with van der Waals surface area (Å²) in [6.45, 7) is 2.26. The minimum atomic E-state index is -0.115. The second kappa shape index (κ2) is 4.95. The van der Waals surface area contributed by atoms with Gasteiger partial charge in [-0.05, 0) is 48.9 Å². The molecule has 2 fully saturated rings. The molecule has 5 heteroatoms. The molecule has 22 heavy (non-hydrogen) atoms. The van der Waals surface area contributed by atoms with Crippen LogP contribution in [0.5, 0.6) is 0 Å². The molecule has 0 unspecified atom stereocenters. The van der Waals surface area contributed by atoms with Crippen LogP contribution >= 0.6 is 15.9 Å². The maximum Gasteiger partial charge on any atom is 0.235 e. The number of nitrogens with zero attached hydrogens (tertiary/aromatic N) is 1. The summed E-state index contributed by atoms with van der Waals surface area (Å²) in [5.74, 6) is 0.297. The highest BCUT2D eigenvalue weighted by Gasteiger charge is 2.59. The van der Waals surface area contributed by atoms with Crippen LogP contribution in [-0.4, -0.2) is 23.4 Å². The molecule has 1 N–H and O–H groups in total. The molecule has 114 valence electrons. The summed E-state index contributed by atoms with van der Waals surface area (Å²) in [5, 5.41) is 3.23. The number of hydrogen-bond acceptors (Lipinski definition) is 3. The van der Waals surface area contributed by atoms with Gasteiger partial charge in [-0.3, -0.25) is 14.5 Å². The van der Waals surface area contributed by atoms with E-state index in [1.54, 1.807) is 0 Å². The van der Waals surface area contributed by atoms with Crippen LogP contribution in [0, 0.1) is 30.6 Å². The van der Waals surface area contributed by atoms with E-state index in [1.807, 2.05) is 25.1 Å². The molecule has 2 aliphatic carbocycles. The molecule has 1 heterocycles. The number of aryl methyl sites for hydroxylation is 1. The Hall–Kier alpha value is -1.62. The van der Waals surface area contributed by atoms with Gasteiger partial charge in [0.2, 0.25) is 11.8 Å². The van der Waals surface area contributed by atoms with Crippen LogP contribution in [0.3, 0.4) is 0 Å². The van der Waals surface area contributed by atoms with Crippen LogP contribution < -0.4 is 5.32 Å². The SMILES string of the molecule is Cc1cc(Br)ccc1NCN1C(=O)[C@@H]2[C@@H](C1=O)[C@H]1C=C[C@H]2C1. The van der Waals surface area contributed by atoms with Gasteiger partial charge in [-0.2, -0.15) is 0 Å². The summed E-state index contributed by atoms with van der Waals surface area (Å²) >= 11 is 3.43. The molecule has 4 nitrogen and oxygen atoms in total. The number of carbonyl (C=O) groups is 2. The molecule has 2 amide bonds. The maximum atomic E-state index is 12.6. The third kappa shape index (κ3) is 1.95. The van der Waals surface area contributed by atoms with E-state index < -0.39 is 0 Å². The number of amides is 2. The lowest BCUT2D eigenvalue weighted by Gasteiger charge is -2.19. The van der Waals surface area contributed by atoms with Gasteiger partial charge in [-0.15, -0.1) is 0 Å². The van der Waals surface area contributed by atoms with Crippen molar-refractivity contribution in [1.29, 1.82) is 0 Å². The first-order valence-corrected chi connectivity index (χ1v) is 8.39. The minimum absolute atomic E-state index is 0.00545. The van der Waals surface area contributed by atoms with Gasteiger partial charge in [0.25, 0.3) is 0 Å². The smallest absolute Gasteiger partial charge is 0.235 e. The molecular formula is C17H17BrN2O2. The molecule has 1 aromatic rings. The lowest BCUT2D eigenvalue weighted by molar-refractivity contribution is -0.140. The Morgan fingerprint density at radius 3 is 2.41 bits per heavy atom. The van der Waals surface area contributed by atoms with E-state index >= 15 is 0 Å². The molecule has 4 rings (SSSR count). The van der Waals surface area contributed by atoms with E-state index in [4.69, 9.17) is 0 Å². The number of carbonyl (C=O) groups excluding carboxylic acids is 2. The molecular weight excluding hydrogens is 344 g/mol. The minimum Gasteiger partial charge on any atom is -0.367 e. The van der Waals surface area contributed by atoms with Crippen LogP contribution in [0.25, 0.3) is 0 Å². The third-order valence-electron chi connectivity index (χ3n) is 5.18. The van der Waals surface area contributed by atoms with Gasteiger partial charge >= 0.3 is 0 Å². The maximum absolute atomic E-state index is 12.6. The first-order valence-electron chi connectivity index (χ1n) is 7.60. The quantitative estimate of drug-likeness (QED) is 0.665. The Morgan fingerprint density at radius 1 is 1.18 bits per heavy atom. The van der Waals surface area contributed by atoms with E-state index in [1.165, 1.54) is 4.90 Å². The average molecular weight is 361 g/mol. The molecule has 0 radical (unpaired) electrons. The lowest BCUT2D eigenvalue weighted by atomic mass is 9.85. The molecule has 1 saturated heterocycles. The van der Waals surface area contributed by atoms with Crippen molar-refractivity contribution >= 4 is 33.4 Å². The van der Waals surface area contributed by atoms with Crippen LogP contribution in [0.15, 0.2) is 34.8 Å². The summed E-state index contributed by atoms with van der Waals surface area (Å²) in [6.07, 6.45) is 5.21. The first kappa shape index (κ1) is 14.0. The summed E-state index contributed by atoms with van der Waals surface area (Å²) < 4.78 is 1.01. The molecule has 3 aliphatic rings. The van der Waals surface area contributed by atoms with E-state index in [0.29, 0.717) is 0 Å². The number of rotatable bonds is 3. The van der Waals surface area contributed by atoms with E-state index in [2.05, 4.69) is 33.4 Å². The van der Waals surface area contributed by atoms with Gasteiger partial charge in [0, 0.05) is 10.2 Å². The number of halogens is 1. The predicted molar refractivity (Wildman–Crippen MR) is 86.9 cm³/mol. The number of likely N-dealkylation sites (tertiary alicyclic amines) is 1. The van der Waals surface area contributed by atoms with Crippen LogP contribution in [0.2, 0.25) is 0 Å². The van der Waals surface area contributed by atoms with Crippen molar-refractivity contribution in [2.75, 3.05) is 12.0 Å². The van der Waals surface area contributed by atoms with E-state index in [9.17, 15) is 9.59 Å². The van der Waals surface area contributed by atoms with Gasteiger partial charge in [0.15, 0.2) is 0 Å². The molecule has 2 bridgehead atoms. The summed E-state index contributed by atoms with van der Waals surface area (Å²) in [7, 11) is 0. The van der Waals surface area contributed by atoms with Crippen LogP contribution in [-0.2, 0) is 9.59 Å². The zero-order valence-corrected chi connectivity index (χ0v) is 13.8. The number of allylic oxidation sites excluding steroid dienone is 2. The van der Waals surface area contributed by atoms with Crippen molar-refractivity contribution in [1.82, 2.24) is 4.90 Å². The highest BCUT2D eigenvalue weighted by atomic mass is 79.9. The highest BCUT2D eigenvalue weighted by Crippen LogP contribution is 2.52. The van der Waals surface area contributed by atoms with Crippen LogP contribution in [0.4, 0.5) is 5.69 Å². The molecule has 0 spiro atoms. The summed E-state index contributed by atoms with van der Waals surface area (Å²) in [5.41, 5.74) is 2.03. The van der Waals surface area contributed by atoms with Crippen molar-refractivity contribution in [2.45, 2.75) is 13.3 Å². The van der Waals surface area contributed by atoms with Gasteiger partial charge in [0.05, 0.1) is 18.5 Å². The standard InChI is InChI=1S/C17H17BrN2O2/c1-9-6-12(18)4-5-13(9)19-8-20-16(21)14-10-2-3-11(7-10)15(14)17(20)22/h2-6,10-11,14-15,19H,7-8H2,1H3/t10-,11-,14-,15-/m0/s1. The number of fused-ring (bicyclic) bond motifs is 5. The molecule has 1 aliphatic heterocycles. The van der Waals surface area contributed by atoms with E-state index in [-0.39, 0.29) is 42.2 Å². The number of nitrogens with one attached hydrogen (secondary N) is 1. The topological polar surface area (TPSA) is 49.4 Å². The van der Waals surface area contributed by atoms with Crippen LogP contribution in [0.1, 0.15) is 12.0 Å². The fraction of sp³-hybridized carbons (Fsp3) is 0.412. The zero-order chi connectivity index (χ0) is 15.4. The molecule has 1 saturated carbocycles. The highest BCUT2D eigenvalue weighted by molar-refractivity contribution is 9.10. The normalized spacial score (nSPS) is 32.0. The molecule has 0 aromatic heterocycles. The number of benzene rings is 1. The van der Waals surface area contributed by atoms with Gasteiger partial charge < -0.3 is 5.32 Å². The van der Waals surface area contributed by atoms with Crippen molar-refractivity contribution in [3.63, 3.8) is 0 Å². The fourth-order valence-electron chi connectivity index (χ4n) is 4.11. The van der Waals surface area contributed by atoms with E-state index in [0.717, 1.165) is 22.1 Å². The van der Waals surface area contributed by atoms with Gasteiger partial charge in [-0.1, -0.05) is 28.1 Å². The van der Waals surface area contributed by atoms with Gasteiger partial charge in [-0.25, -0.2) is 0 Å². The Labute approximate surface area is 137 Å². The number of anilines is 1. The average Bonchev–Trinajstić information content (AvgIpc) is 3.14. The zero-order valence-electron chi connectivity index (χ0n) is 12.3. The Bertz CT molecular complexity index is 670. The van der Waals surface area contributed by atoms with Crippen molar-refractivity contribution in [3.05, 3.63) is 40.4 Å². The molecule has 4 atom stereocenters. The Morgan fingerprint density at radius 2 is 1.82 bits per heavy atom. The monoisotopic (exact) mass is 360 g/mol. The largest absolute Gasteiger partial charge is 0.367 e. The Kier molecular flexibility index (Phi) is 3.15. The lowest BCUT2D eigenvalue weighted by Crippen LogP contribution is -2.37. The fourth-order valence-corrected chi connectivity index (χ4v) is 4.59. The van der Waals surface area contributed by atoms with Crippen molar-refractivity contribution in [3.8, 4) is 0 Å². The van der Waals surface area contributed by atoms with Gasteiger partial charge in [0.1, 0.15) is 0 Å². The molecule has 1 aromatic carbocycles. The second-order valence-electron chi connectivity index (χ2n) is 6.40. The predicted octanol–water partition coefficient (Wildman–Crippen LogP) is 2.93. The number of imide groups is 1. The first-order chi connectivity index (χ1) is 10.6. The van der Waals surface area contributed by atoms with Crippen molar-refractivity contribution < 1.29 is 9.59 Å². The number of hydrogen-bond donors (Lipinski definition) is 1.